The van der Waals surface area contributed by atoms with Crippen LogP contribution >= 0.6 is 24.0 Å². The highest BCUT2D eigenvalue weighted by Crippen LogP contribution is 2.25. The first-order valence-corrected chi connectivity index (χ1v) is 8.16. The SMILES string of the molecule is CN=C(NCCN1C(=O)CNC1=O)NC(C)c1cc(C)ccc1OC.I. The van der Waals surface area contributed by atoms with Crippen LogP contribution in [-0.2, 0) is 4.79 Å². The predicted octanol–water partition coefficient (Wildman–Crippen LogP) is 1.40. The molecule has 3 amide bonds. The molecule has 8 nitrogen and oxygen atoms in total. The number of nitrogens with one attached hydrogen (secondary N) is 3. The molecule has 0 bridgehead atoms. The third-order valence-corrected chi connectivity index (χ3v) is 3.99. The van der Waals surface area contributed by atoms with Gasteiger partial charge in [-0.2, -0.15) is 0 Å². The maximum absolute atomic E-state index is 11.6. The molecule has 1 heterocycles. The molecular formula is C17H26IN5O3. The van der Waals surface area contributed by atoms with Gasteiger partial charge < -0.3 is 20.7 Å². The van der Waals surface area contributed by atoms with Crippen LogP contribution in [0.4, 0.5) is 4.79 Å². The molecule has 0 radical (unpaired) electrons. The number of guanidine groups is 1. The number of hydrogen-bond donors (Lipinski definition) is 3. The van der Waals surface area contributed by atoms with E-state index in [1.807, 2.05) is 26.0 Å². The fourth-order valence-electron chi connectivity index (χ4n) is 2.64. The minimum atomic E-state index is -0.354. The van der Waals surface area contributed by atoms with E-state index in [2.05, 4.69) is 27.0 Å². The maximum Gasteiger partial charge on any atom is 0.324 e. The summed E-state index contributed by atoms with van der Waals surface area (Å²) in [6.45, 7) is 4.81. The van der Waals surface area contributed by atoms with Crippen molar-refractivity contribution in [3.63, 3.8) is 0 Å². The molecule has 26 heavy (non-hydrogen) atoms. The third-order valence-electron chi connectivity index (χ3n) is 3.99. The van der Waals surface area contributed by atoms with Crippen LogP contribution in [0.15, 0.2) is 23.2 Å². The summed E-state index contributed by atoms with van der Waals surface area (Å²) in [5.41, 5.74) is 2.17. The quantitative estimate of drug-likeness (QED) is 0.250. The number of amides is 3. The second-order valence-electron chi connectivity index (χ2n) is 5.81. The number of halogens is 1. The second-order valence-corrected chi connectivity index (χ2v) is 5.81. The molecule has 1 aliphatic heterocycles. The van der Waals surface area contributed by atoms with Gasteiger partial charge in [-0.05, 0) is 19.9 Å². The number of carbonyl (C=O) groups is 2. The fraction of sp³-hybridized carbons (Fsp3) is 0.471. The first kappa shape index (κ1) is 22.0. The first-order valence-electron chi connectivity index (χ1n) is 8.16. The summed E-state index contributed by atoms with van der Waals surface area (Å²) in [6.07, 6.45) is 0. The van der Waals surface area contributed by atoms with E-state index in [1.165, 1.54) is 4.90 Å². The monoisotopic (exact) mass is 475 g/mol. The number of methoxy groups -OCH3 is 1. The number of rotatable bonds is 6. The van der Waals surface area contributed by atoms with Gasteiger partial charge in [0.2, 0.25) is 5.91 Å². The van der Waals surface area contributed by atoms with Crippen molar-refractivity contribution in [2.45, 2.75) is 19.9 Å². The molecule has 0 saturated carbocycles. The molecule has 1 unspecified atom stereocenters. The topological polar surface area (TPSA) is 95.1 Å². The highest BCUT2D eigenvalue weighted by Gasteiger charge is 2.27. The zero-order valence-corrected chi connectivity index (χ0v) is 17.8. The number of aryl methyl sites for hydroxylation is 1. The maximum atomic E-state index is 11.6. The highest BCUT2D eigenvalue weighted by atomic mass is 127. The van der Waals surface area contributed by atoms with E-state index >= 15 is 0 Å². The molecule has 0 aliphatic carbocycles. The van der Waals surface area contributed by atoms with Gasteiger partial charge in [-0.3, -0.25) is 14.7 Å². The highest BCUT2D eigenvalue weighted by molar-refractivity contribution is 14.0. The van der Waals surface area contributed by atoms with Crippen LogP contribution in [0.3, 0.4) is 0 Å². The van der Waals surface area contributed by atoms with Gasteiger partial charge in [-0.25, -0.2) is 4.79 Å². The number of imide groups is 1. The molecule has 1 aromatic carbocycles. The average molecular weight is 475 g/mol. The number of carbonyl (C=O) groups excluding carboxylic acids is 2. The fourth-order valence-corrected chi connectivity index (χ4v) is 2.64. The number of ether oxygens (including phenoxy) is 1. The number of benzene rings is 1. The Balaban J connectivity index is 0.00000338. The van der Waals surface area contributed by atoms with Crippen molar-refractivity contribution in [1.82, 2.24) is 20.9 Å². The molecule has 3 N–H and O–H groups in total. The summed E-state index contributed by atoms with van der Waals surface area (Å²) in [7, 11) is 3.31. The van der Waals surface area contributed by atoms with Gasteiger partial charge in [-0.15, -0.1) is 24.0 Å². The summed E-state index contributed by atoms with van der Waals surface area (Å²) in [5, 5.41) is 8.89. The van der Waals surface area contributed by atoms with Crippen molar-refractivity contribution in [3.8, 4) is 5.75 Å². The normalized spacial score (nSPS) is 15.2. The lowest BCUT2D eigenvalue weighted by molar-refractivity contribution is -0.124. The predicted molar refractivity (Wildman–Crippen MR) is 111 cm³/mol. The van der Waals surface area contributed by atoms with Gasteiger partial charge >= 0.3 is 6.03 Å². The first-order chi connectivity index (χ1) is 12.0. The Labute approximate surface area is 170 Å². The zero-order chi connectivity index (χ0) is 18.4. The van der Waals surface area contributed by atoms with Gasteiger partial charge in [0, 0.05) is 25.7 Å². The molecule has 144 valence electrons. The van der Waals surface area contributed by atoms with E-state index < -0.39 is 0 Å². The van der Waals surface area contributed by atoms with Crippen LogP contribution < -0.4 is 20.7 Å². The van der Waals surface area contributed by atoms with Crippen molar-refractivity contribution in [2.75, 3.05) is 33.8 Å². The van der Waals surface area contributed by atoms with Gasteiger partial charge in [0.25, 0.3) is 0 Å². The molecule has 0 spiro atoms. The van der Waals surface area contributed by atoms with Crippen LogP contribution in [0.1, 0.15) is 24.1 Å². The van der Waals surface area contributed by atoms with Crippen LogP contribution in [0.2, 0.25) is 0 Å². The summed E-state index contributed by atoms with van der Waals surface area (Å²) in [4.78, 5) is 28.4. The molecular weight excluding hydrogens is 449 g/mol. The standard InChI is InChI=1S/C17H25N5O3.HI/c1-11-5-6-14(25-4)13(9-11)12(2)21-16(18-3)19-7-8-22-15(23)10-20-17(22)24;/h5-6,9,12H,7-8,10H2,1-4H3,(H,20,24)(H2,18,19,21);1H. The Morgan fingerprint density at radius 1 is 1.42 bits per heavy atom. The Morgan fingerprint density at radius 3 is 2.73 bits per heavy atom. The Hall–Kier alpha value is -2.04. The van der Waals surface area contributed by atoms with Crippen LogP contribution in [-0.4, -0.2) is 56.6 Å². The second kappa shape index (κ2) is 10.2. The molecule has 0 aromatic heterocycles. The number of urea groups is 1. The lowest BCUT2D eigenvalue weighted by Crippen LogP contribution is -2.43. The molecule has 2 rings (SSSR count). The zero-order valence-electron chi connectivity index (χ0n) is 15.5. The Kier molecular flexibility index (Phi) is 8.62. The summed E-state index contributed by atoms with van der Waals surface area (Å²) >= 11 is 0. The van der Waals surface area contributed by atoms with Crippen molar-refractivity contribution in [2.24, 2.45) is 4.99 Å². The van der Waals surface area contributed by atoms with E-state index in [9.17, 15) is 9.59 Å². The molecule has 1 saturated heterocycles. The molecule has 1 fully saturated rings. The smallest absolute Gasteiger partial charge is 0.324 e. The summed E-state index contributed by atoms with van der Waals surface area (Å²) in [5.74, 6) is 1.18. The van der Waals surface area contributed by atoms with Gasteiger partial charge in [-0.1, -0.05) is 17.7 Å². The number of nitrogens with zero attached hydrogens (tertiary/aromatic N) is 2. The lowest BCUT2D eigenvalue weighted by Gasteiger charge is -2.21. The molecule has 9 heteroatoms. The van der Waals surface area contributed by atoms with Gasteiger partial charge in [0.15, 0.2) is 5.96 Å². The van der Waals surface area contributed by atoms with E-state index in [1.54, 1.807) is 14.2 Å². The summed E-state index contributed by atoms with van der Waals surface area (Å²) in [6, 6.07) is 5.62. The van der Waals surface area contributed by atoms with E-state index in [0.29, 0.717) is 12.5 Å². The molecule has 1 aliphatic rings. The Bertz CT molecular complexity index is 664. The largest absolute Gasteiger partial charge is 0.496 e. The van der Waals surface area contributed by atoms with E-state index in [-0.39, 0.29) is 55.0 Å². The van der Waals surface area contributed by atoms with E-state index in [0.717, 1.165) is 16.9 Å². The van der Waals surface area contributed by atoms with Crippen molar-refractivity contribution in [1.29, 1.82) is 0 Å². The number of aliphatic imine (C=N–C) groups is 1. The van der Waals surface area contributed by atoms with Crippen LogP contribution in [0, 0.1) is 6.92 Å². The van der Waals surface area contributed by atoms with E-state index in [4.69, 9.17) is 4.74 Å². The molecule has 1 atom stereocenters. The third kappa shape index (κ3) is 5.48. The van der Waals surface area contributed by atoms with Crippen LogP contribution in [0.5, 0.6) is 5.75 Å². The van der Waals surface area contributed by atoms with Crippen molar-refractivity contribution >= 4 is 41.9 Å². The average Bonchev–Trinajstić information content (AvgIpc) is 2.92. The van der Waals surface area contributed by atoms with Gasteiger partial charge in [0.1, 0.15) is 5.75 Å². The lowest BCUT2D eigenvalue weighted by atomic mass is 10.0. The molecule has 1 aromatic rings. The minimum Gasteiger partial charge on any atom is -0.496 e. The summed E-state index contributed by atoms with van der Waals surface area (Å²) < 4.78 is 5.42. The van der Waals surface area contributed by atoms with Crippen molar-refractivity contribution in [3.05, 3.63) is 29.3 Å². The Morgan fingerprint density at radius 2 is 2.15 bits per heavy atom. The minimum absolute atomic E-state index is 0. The van der Waals surface area contributed by atoms with Crippen LogP contribution in [0.25, 0.3) is 0 Å². The van der Waals surface area contributed by atoms with Crippen molar-refractivity contribution < 1.29 is 14.3 Å². The number of hydrogen-bond acceptors (Lipinski definition) is 4. The van der Waals surface area contributed by atoms with Gasteiger partial charge in [0.05, 0.1) is 19.7 Å².